The van der Waals surface area contributed by atoms with Crippen LogP contribution in [0.1, 0.15) is 0 Å². The van der Waals surface area contributed by atoms with Crippen LogP contribution in [0.5, 0.6) is 5.75 Å². The molecule has 0 bridgehead atoms. The number of H-pyrrole nitrogens is 1. The molecule has 0 aliphatic rings. The Morgan fingerprint density at radius 3 is 2.85 bits per heavy atom. The maximum Gasteiger partial charge on any atom is 0.573 e. The molecule has 0 unspecified atom stereocenters. The van der Waals surface area contributed by atoms with Crippen LogP contribution in [0.3, 0.4) is 0 Å². The first-order valence-corrected chi connectivity index (χ1v) is 5.73. The largest absolute Gasteiger partial charge is 0.573 e. The van der Waals surface area contributed by atoms with Crippen LogP contribution in [0.2, 0.25) is 0 Å². The fraction of sp³-hybridized carbons (Fsp3) is 0.0714. The summed E-state index contributed by atoms with van der Waals surface area (Å²) in [6, 6.07) is 13.9. The quantitative estimate of drug-likeness (QED) is 0.770. The van der Waals surface area contributed by atoms with Crippen molar-refractivity contribution >= 4 is 10.9 Å². The third-order valence-corrected chi connectivity index (χ3v) is 2.75. The molecule has 0 spiro atoms. The van der Waals surface area contributed by atoms with Gasteiger partial charge in [-0.25, -0.2) is 0 Å². The minimum absolute atomic E-state index is 0.272. The van der Waals surface area contributed by atoms with Crippen molar-refractivity contribution in [1.29, 1.82) is 0 Å². The third kappa shape index (κ3) is 2.45. The Hall–Kier alpha value is -2.50. The van der Waals surface area contributed by atoms with Gasteiger partial charge in [0.05, 0.1) is 5.52 Å². The highest BCUT2D eigenvalue weighted by atomic mass is 19.4. The molecular weight excluding hydrogens is 269 g/mol. The van der Waals surface area contributed by atoms with E-state index in [1.165, 1.54) is 18.2 Å². The highest BCUT2D eigenvalue weighted by Crippen LogP contribution is 2.30. The van der Waals surface area contributed by atoms with Crippen LogP contribution in [0.25, 0.3) is 22.2 Å². The van der Waals surface area contributed by atoms with E-state index >= 15 is 0 Å². The van der Waals surface area contributed by atoms with Gasteiger partial charge in [-0.3, -0.25) is 5.10 Å². The highest BCUT2D eigenvalue weighted by Gasteiger charge is 2.31. The number of ether oxygens (including phenoxy) is 1. The van der Waals surface area contributed by atoms with E-state index in [0.29, 0.717) is 11.3 Å². The SMILES string of the molecule is FC(F)(F)Oc1cccc(-c2n[nH]c3cc[c]cc23)c1. The molecule has 1 heterocycles. The lowest BCUT2D eigenvalue weighted by molar-refractivity contribution is -0.274. The van der Waals surface area contributed by atoms with Gasteiger partial charge in [0, 0.05) is 10.9 Å². The first-order chi connectivity index (χ1) is 9.53. The summed E-state index contributed by atoms with van der Waals surface area (Å²) in [5, 5.41) is 7.73. The molecule has 0 aliphatic carbocycles. The van der Waals surface area contributed by atoms with Crippen LogP contribution in [0.15, 0.2) is 42.5 Å². The predicted octanol–water partition coefficient (Wildman–Crippen LogP) is 3.93. The van der Waals surface area contributed by atoms with Crippen molar-refractivity contribution in [3.05, 3.63) is 48.5 Å². The zero-order chi connectivity index (χ0) is 14.2. The summed E-state index contributed by atoms with van der Waals surface area (Å²) >= 11 is 0. The number of alkyl halides is 3. The number of hydrogen-bond acceptors (Lipinski definition) is 2. The Morgan fingerprint density at radius 1 is 1.20 bits per heavy atom. The lowest BCUT2D eigenvalue weighted by Crippen LogP contribution is -2.17. The van der Waals surface area contributed by atoms with Gasteiger partial charge in [-0.2, -0.15) is 5.10 Å². The summed E-state index contributed by atoms with van der Waals surface area (Å²) in [5.74, 6) is -0.272. The average molecular weight is 277 g/mol. The van der Waals surface area contributed by atoms with Gasteiger partial charge in [0.25, 0.3) is 0 Å². The van der Waals surface area contributed by atoms with E-state index in [-0.39, 0.29) is 5.75 Å². The highest BCUT2D eigenvalue weighted by molar-refractivity contribution is 5.92. The molecular formula is C14H8F3N2O. The van der Waals surface area contributed by atoms with Crippen LogP contribution in [-0.2, 0) is 0 Å². The molecule has 1 N–H and O–H groups in total. The lowest BCUT2D eigenvalue weighted by Gasteiger charge is -2.09. The molecule has 3 nitrogen and oxygen atoms in total. The van der Waals surface area contributed by atoms with Crippen molar-refractivity contribution in [2.45, 2.75) is 6.36 Å². The Morgan fingerprint density at radius 2 is 2.05 bits per heavy atom. The van der Waals surface area contributed by atoms with Gasteiger partial charge in [0.1, 0.15) is 11.4 Å². The molecule has 3 aromatic rings. The fourth-order valence-electron chi connectivity index (χ4n) is 1.96. The molecule has 0 fully saturated rings. The predicted molar refractivity (Wildman–Crippen MR) is 67.0 cm³/mol. The summed E-state index contributed by atoms with van der Waals surface area (Å²) in [4.78, 5) is 0. The van der Waals surface area contributed by atoms with E-state index in [9.17, 15) is 13.2 Å². The van der Waals surface area contributed by atoms with E-state index in [0.717, 1.165) is 10.9 Å². The molecule has 20 heavy (non-hydrogen) atoms. The van der Waals surface area contributed by atoms with Crippen LogP contribution in [0, 0.1) is 6.07 Å². The molecule has 2 aromatic carbocycles. The lowest BCUT2D eigenvalue weighted by atomic mass is 10.1. The second kappa shape index (κ2) is 4.56. The van der Waals surface area contributed by atoms with E-state index in [1.54, 1.807) is 24.3 Å². The van der Waals surface area contributed by atoms with Crippen molar-refractivity contribution in [3.63, 3.8) is 0 Å². The number of rotatable bonds is 2. The molecule has 1 aromatic heterocycles. The van der Waals surface area contributed by atoms with Crippen molar-refractivity contribution in [2.75, 3.05) is 0 Å². The molecule has 0 amide bonds. The number of benzene rings is 2. The van der Waals surface area contributed by atoms with Crippen LogP contribution in [-0.4, -0.2) is 16.6 Å². The number of aromatic amines is 1. The van der Waals surface area contributed by atoms with Crippen molar-refractivity contribution in [1.82, 2.24) is 10.2 Å². The zero-order valence-corrected chi connectivity index (χ0v) is 10.0. The van der Waals surface area contributed by atoms with Crippen molar-refractivity contribution in [2.24, 2.45) is 0 Å². The second-order valence-electron chi connectivity index (χ2n) is 4.12. The summed E-state index contributed by atoms with van der Waals surface area (Å²) in [7, 11) is 0. The molecule has 1 radical (unpaired) electrons. The van der Waals surface area contributed by atoms with Crippen LogP contribution in [0.4, 0.5) is 13.2 Å². The van der Waals surface area contributed by atoms with E-state index in [1.807, 2.05) is 0 Å². The summed E-state index contributed by atoms with van der Waals surface area (Å²) in [6.45, 7) is 0. The second-order valence-corrected chi connectivity index (χ2v) is 4.12. The van der Waals surface area contributed by atoms with Gasteiger partial charge in [-0.1, -0.05) is 18.2 Å². The number of aromatic nitrogens is 2. The molecule has 6 heteroatoms. The number of nitrogens with one attached hydrogen (secondary N) is 1. The maximum absolute atomic E-state index is 12.2. The Balaban J connectivity index is 2.04. The minimum atomic E-state index is -4.71. The number of halogens is 3. The van der Waals surface area contributed by atoms with E-state index in [2.05, 4.69) is 21.0 Å². The molecule has 0 saturated carbocycles. The first kappa shape index (κ1) is 12.5. The molecule has 0 aliphatic heterocycles. The van der Waals surface area contributed by atoms with Gasteiger partial charge in [0.15, 0.2) is 0 Å². The summed E-state index contributed by atoms with van der Waals surface area (Å²) in [6.07, 6.45) is -4.71. The number of fused-ring (bicyclic) bond motifs is 1. The molecule has 0 atom stereocenters. The maximum atomic E-state index is 12.2. The molecule has 0 saturated heterocycles. The Bertz CT molecular complexity index is 749. The zero-order valence-electron chi connectivity index (χ0n) is 10.0. The van der Waals surface area contributed by atoms with Crippen molar-refractivity contribution in [3.8, 4) is 17.0 Å². The normalized spacial score (nSPS) is 11.8. The number of hydrogen-bond donors (Lipinski definition) is 1. The van der Waals surface area contributed by atoms with Gasteiger partial charge < -0.3 is 4.74 Å². The smallest absolute Gasteiger partial charge is 0.406 e. The average Bonchev–Trinajstić information content (AvgIpc) is 2.81. The monoisotopic (exact) mass is 277 g/mol. The standard InChI is InChI=1S/C14H8F3N2O/c15-14(16,17)20-10-5-3-4-9(8-10)13-11-6-1-2-7-12(11)18-19-13/h2-8H,(H,18,19). The van der Waals surface area contributed by atoms with Gasteiger partial charge in [-0.15, -0.1) is 13.2 Å². The van der Waals surface area contributed by atoms with Crippen molar-refractivity contribution < 1.29 is 17.9 Å². The van der Waals surface area contributed by atoms with Crippen LogP contribution >= 0.6 is 0 Å². The number of nitrogens with zero attached hydrogens (tertiary/aromatic N) is 1. The molecule has 3 rings (SSSR count). The minimum Gasteiger partial charge on any atom is -0.406 e. The Kier molecular flexibility index (Phi) is 2.85. The van der Waals surface area contributed by atoms with Gasteiger partial charge in [-0.05, 0) is 30.3 Å². The first-order valence-electron chi connectivity index (χ1n) is 5.73. The topological polar surface area (TPSA) is 37.9 Å². The summed E-state index contributed by atoms with van der Waals surface area (Å²) < 4.78 is 40.6. The van der Waals surface area contributed by atoms with Crippen LogP contribution < -0.4 is 4.74 Å². The third-order valence-electron chi connectivity index (χ3n) is 2.75. The fourth-order valence-corrected chi connectivity index (χ4v) is 1.96. The molecule has 101 valence electrons. The van der Waals surface area contributed by atoms with Gasteiger partial charge >= 0.3 is 6.36 Å². The summed E-state index contributed by atoms with van der Waals surface area (Å²) in [5.41, 5.74) is 1.89. The van der Waals surface area contributed by atoms with E-state index < -0.39 is 6.36 Å². The Labute approximate surface area is 112 Å². The van der Waals surface area contributed by atoms with Gasteiger partial charge in [0.2, 0.25) is 0 Å². The van der Waals surface area contributed by atoms with E-state index in [4.69, 9.17) is 0 Å².